The predicted molar refractivity (Wildman–Crippen MR) is 70.6 cm³/mol. The van der Waals surface area contributed by atoms with Crippen LogP contribution in [0.5, 0.6) is 0 Å². The Labute approximate surface area is 110 Å². The molecule has 2 atom stereocenters. The molecule has 2 unspecified atom stereocenters. The maximum atomic E-state index is 5.88. The number of morpholine rings is 1. The van der Waals surface area contributed by atoms with Gasteiger partial charge in [-0.1, -0.05) is 0 Å². The van der Waals surface area contributed by atoms with Crippen LogP contribution < -0.4 is 5.73 Å². The molecule has 1 aliphatic heterocycles. The summed E-state index contributed by atoms with van der Waals surface area (Å²) in [5, 5.41) is 0. The molecule has 1 fully saturated rings. The first-order chi connectivity index (χ1) is 8.15. The van der Waals surface area contributed by atoms with Gasteiger partial charge in [-0.3, -0.25) is 9.88 Å². The third-order valence-corrected chi connectivity index (χ3v) is 3.37. The van der Waals surface area contributed by atoms with E-state index in [1.165, 1.54) is 5.56 Å². The van der Waals surface area contributed by atoms with E-state index < -0.39 is 0 Å². The van der Waals surface area contributed by atoms with E-state index in [4.69, 9.17) is 10.5 Å². The molecule has 0 spiro atoms. The molecule has 4 nitrogen and oxygen atoms in total. The van der Waals surface area contributed by atoms with Gasteiger partial charge in [-0.25, -0.2) is 0 Å². The minimum atomic E-state index is 0.0819. The van der Waals surface area contributed by atoms with Crippen molar-refractivity contribution in [2.75, 3.05) is 19.7 Å². The van der Waals surface area contributed by atoms with Gasteiger partial charge in [-0.2, -0.15) is 0 Å². The molecule has 1 saturated heterocycles. The highest BCUT2D eigenvalue weighted by Crippen LogP contribution is 2.14. The van der Waals surface area contributed by atoms with Gasteiger partial charge < -0.3 is 10.5 Å². The lowest BCUT2D eigenvalue weighted by atomic mass is 10.1. The van der Waals surface area contributed by atoms with Crippen molar-refractivity contribution in [1.82, 2.24) is 9.88 Å². The van der Waals surface area contributed by atoms with Gasteiger partial charge in [-0.15, -0.1) is 0 Å². The highest BCUT2D eigenvalue weighted by molar-refractivity contribution is 9.10. The Balaban J connectivity index is 1.94. The molecule has 5 heteroatoms. The van der Waals surface area contributed by atoms with Crippen molar-refractivity contribution >= 4 is 15.9 Å². The molecule has 0 radical (unpaired) electrons. The number of pyridine rings is 1. The first kappa shape index (κ1) is 13.0. The summed E-state index contributed by atoms with van der Waals surface area (Å²) < 4.78 is 6.66. The van der Waals surface area contributed by atoms with Gasteiger partial charge in [-0.05, 0) is 34.5 Å². The molecule has 2 rings (SSSR count). The summed E-state index contributed by atoms with van der Waals surface area (Å²) >= 11 is 3.44. The number of rotatable bonds is 3. The van der Waals surface area contributed by atoms with Crippen LogP contribution in [0.25, 0.3) is 0 Å². The number of hydrogen-bond donors (Lipinski definition) is 1. The molecule has 0 amide bonds. The molecular weight excluding hydrogens is 282 g/mol. The van der Waals surface area contributed by atoms with Crippen molar-refractivity contribution in [2.45, 2.75) is 25.6 Å². The van der Waals surface area contributed by atoms with Crippen LogP contribution in [0.1, 0.15) is 12.5 Å². The quantitative estimate of drug-likeness (QED) is 0.916. The van der Waals surface area contributed by atoms with Crippen LogP contribution in [0.2, 0.25) is 0 Å². The molecule has 0 aliphatic carbocycles. The van der Waals surface area contributed by atoms with Gasteiger partial charge in [0.1, 0.15) is 0 Å². The van der Waals surface area contributed by atoms with Crippen molar-refractivity contribution in [3.8, 4) is 0 Å². The van der Waals surface area contributed by atoms with Crippen LogP contribution in [0.4, 0.5) is 0 Å². The van der Waals surface area contributed by atoms with Crippen molar-refractivity contribution in [3.05, 3.63) is 28.5 Å². The third-order valence-electron chi connectivity index (χ3n) is 2.93. The van der Waals surface area contributed by atoms with Gasteiger partial charge in [0, 0.05) is 42.5 Å². The molecule has 0 bridgehead atoms. The summed E-state index contributed by atoms with van der Waals surface area (Å²) in [6, 6.07) is 2.18. The van der Waals surface area contributed by atoms with E-state index in [-0.39, 0.29) is 12.1 Å². The Kier molecular flexibility index (Phi) is 4.50. The van der Waals surface area contributed by atoms with Crippen LogP contribution >= 0.6 is 15.9 Å². The lowest BCUT2D eigenvalue weighted by molar-refractivity contribution is -0.0403. The second-order valence-electron chi connectivity index (χ2n) is 4.51. The number of aromatic nitrogens is 1. The summed E-state index contributed by atoms with van der Waals surface area (Å²) in [7, 11) is 0. The summed E-state index contributed by atoms with van der Waals surface area (Å²) in [6.07, 6.45) is 3.85. The van der Waals surface area contributed by atoms with E-state index in [0.29, 0.717) is 0 Å². The molecule has 2 heterocycles. The second-order valence-corrected chi connectivity index (χ2v) is 5.43. The molecule has 94 valence electrons. The van der Waals surface area contributed by atoms with E-state index in [1.54, 1.807) is 6.20 Å². The molecule has 2 N–H and O–H groups in total. The van der Waals surface area contributed by atoms with Gasteiger partial charge >= 0.3 is 0 Å². The van der Waals surface area contributed by atoms with Crippen LogP contribution in [0.3, 0.4) is 0 Å². The fraction of sp³-hybridized carbons (Fsp3) is 0.583. The monoisotopic (exact) mass is 299 g/mol. The molecule has 1 aliphatic rings. The average molecular weight is 300 g/mol. The van der Waals surface area contributed by atoms with Crippen LogP contribution in [0, 0.1) is 0 Å². The zero-order chi connectivity index (χ0) is 12.3. The van der Waals surface area contributed by atoms with Crippen molar-refractivity contribution in [3.63, 3.8) is 0 Å². The molecule has 17 heavy (non-hydrogen) atoms. The van der Waals surface area contributed by atoms with Gasteiger partial charge in [0.05, 0.1) is 12.7 Å². The lowest BCUT2D eigenvalue weighted by Gasteiger charge is -2.34. The average Bonchev–Trinajstić information content (AvgIpc) is 2.29. The summed E-state index contributed by atoms with van der Waals surface area (Å²) in [4.78, 5) is 6.54. The first-order valence-electron chi connectivity index (χ1n) is 5.84. The van der Waals surface area contributed by atoms with Crippen LogP contribution in [0.15, 0.2) is 22.9 Å². The standard InChI is InChI=1S/C12H18BrN3O/c1-9(14)12-8-16(2-3-17-12)7-10-4-11(13)6-15-5-10/h4-6,9,12H,2-3,7-8,14H2,1H3. The summed E-state index contributed by atoms with van der Waals surface area (Å²) in [6.45, 7) is 5.50. The lowest BCUT2D eigenvalue weighted by Crippen LogP contribution is -2.49. The van der Waals surface area contributed by atoms with Crippen molar-refractivity contribution in [1.29, 1.82) is 0 Å². The fourth-order valence-electron chi connectivity index (χ4n) is 1.99. The Morgan fingerprint density at radius 1 is 1.65 bits per heavy atom. The molecule has 1 aromatic rings. The maximum absolute atomic E-state index is 5.88. The number of nitrogens with zero attached hydrogens (tertiary/aromatic N) is 2. The largest absolute Gasteiger partial charge is 0.374 e. The van der Waals surface area contributed by atoms with Gasteiger partial charge in [0.15, 0.2) is 0 Å². The molecule has 0 aromatic carbocycles. The number of nitrogens with two attached hydrogens (primary N) is 1. The normalized spacial score (nSPS) is 23.6. The predicted octanol–water partition coefficient (Wildman–Crippen LogP) is 1.39. The third kappa shape index (κ3) is 3.74. The van der Waals surface area contributed by atoms with E-state index in [1.807, 2.05) is 13.1 Å². The molecule has 1 aromatic heterocycles. The molecular formula is C12H18BrN3O. The van der Waals surface area contributed by atoms with Crippen LogP contribution in [-0.4, -0.2) is 41.7 Å². The van der Waals surface area contributed by atoms with Crippen LogP contribution in [-0.2, 0) is 11.3 Å². The summed E-state index contributed by atoms with van der Waals surface area (Å²) in [5.74, 6) is 0. The Bertz CT molecular complexity index is 373. The smallest absolute Gasteiger partial charge is 0.0850 e. The van der Waals surface area contributed by atoms with Gasteiger partial charge in [0.2, 0.25) is 0 Å². The number of ether oxygens (including phenoxy) is 1. The number of hydrogen-bond acceptors (Lipinski definition) is 4. The van der Waals surface area contributed by atoms with Gasteiger partial charge in [0.25, 0.3) is 0 Å². The van der Waals surface area contributed by atoms with E-state index >= 15 is 0 Å². The van der Waals surface area contributed by atoms with E-state index in [2.05, 4.69) is 31.9 Å². The zero-order valence-corrected chi connectivity index (χ0v) is 11.6. The van der Waals surface area contributed by atoms with Crippen molar-refractivity contribution in [2.24, 2.45) is 5.73 Å². The SMILES string of the molecule is CC(N)C1CN(Cc2cncc(Br)c2)CCO1. The van der Waals surface area contributed by atoms with Crippen molar-refractivity contribution < 1.29 is 4.74 Å². The first-order valence-corrected chi connectivity index (χ1v) is 6.63. The highest BCUT2D eigenvalue weighted by Gasteiger charge is 2.23. The minimum Gasteiger partial charge on any atom is -0.374 e. The topological polar surface area (TPSA) is 51.4 Å². The second kappa shape index (κ2) is 5.91. The Morgan fingerprint density at radius 2 is 2.47 bits per heavy atom. The fourth-order valence-corrected chi connectivity index (χ4v) is 2.41. The zero-order valence-electron chi connectivity index (χ0n) is 9.97. The highest BCUT2D eigenvalue weighted by atomic mass is 79.9. The van der Waals surface area contributed by atoms with E-state index in [9.17, 15) is 0 Å². The maximum Gasteiger partial charge on any atom is 0.0850 e. The minimum absolute atomic E-state index is 0.0819. The summed E-state index contributed by atoms with van der Waals surface area (Å²) in [5.41, 5.74) is 7.09. The number of halogens is 1. The Morgan fingerprint density at radius 3 is 3.18 bits per heavy atom. The van der Waals surface area contributed by atoms with E-state index in [0.717, 1.165) is 30.7 Å². The molecule has 0 saturated carbocycles. The Hall–Kier alpha value is -0.490.